The van der Waals surface area contributed by atoms with E-state index in [1.807, 2.05) is 36.5 Å². The van der Waals surface area contributed by atoms with Gasteiger partial charge in [0.25, 0.3) is 0 Å². The number of aliphatic hydroxyl groups is 1. The molecule has 1 aromatic carbocycles. The monoisotopic (exact) mass is 448 g/mol. The number of likely N-dealkylation sites (tertiary alicyclic amines) is 1. The van der Waals surface area contributed by atoms with Crippen molar-refractivity contribution in [3.8, 4) is 21.7 Å². The van der Waals surface area contributed by atoms with Crippen molar-refractivity contribution in [1.82, 2.24) is 24.6 Å². The maximum Gasteiger partial charge on any atom is 0.169 e. The van der Waals surface area contributed by atoms with Crippen LogP contribution in [0.5, 0.6) is 0 Å². The molecule has 0 amide bonds. The molecule has 0 aliphatic carbocycles. The number of Topliss-reactive ketones (excluding diaryl/α,β-unsaturated/α-hetero) is 1. The number of thiazole rings is 1. The number of nitrogens with two attached hydrogens (primary N) is 1. The third-order valence-electron chi connectivity index (χ3n) is 5.84. The Kier molecular flexibility index (Phi) is 5.46. The highest BCUT2D eigenvalue weighted by atomic mass is 32.1. The molecule has 1 aliphatic heterocycles. The molecule has 3 aromatic heterocycles. The first kappa shape index (κ1) is 20.7. The van der Waals surface area contributed by atoms with Crippen molar-refractivity contribution in [3.05, 3.63) is 48.9 Å². The molecule has 1 aliphatic rings. The van der Waals surface area contributed by atoms with Crippen LogP contribution in [0.4, 0.5) is 5.82 Å². The highest BCUT2D eigenvalue weighted by molar-refractivity contribution is 7.21. The van der Waals surface area contributed by atoms with Crippen LogP contribution in [-0.2, 0) is 4.79 Å². The summed E-state index contributed by atoms with van der Waals surface area (Å²) in [4.78, 5) is 23.6. The van der Waals surface area contributed by atoms with E-state index in [9.17, 15) is 9.90 Å². The van der Waals surface area contributed by atoms with Crippen molar-refractivity contribution in [2.75, 3.05) is 18.8 Å². The molecule has 1 fully saturated rings. The molecule has 4 aromatic rings. The first-order chi connectivity index (χ1) is 15.5. The van der Waals surface area contributed by atoms with Crippen LogP contribution in [0.2, 0.25) is 0 Å². The van der Waals surface area contributed by atoms with Crippen LogP contribution in [0.1, 0.15) is 25.9 Å². The van der Waals surface area contributed by atoms with E-state index < -0.39 is 6.17 Å². The minimum Gasteiger partial charge on any atom is -0.393 e. The number of fused-ring (bicyclic) bond motifs is 1. The second-order valence-corrected chi connectivity index (χ2v) is 9.13. The zero-order valence-electron chi connectivity index (χ0n) is 17.7. The summed E-state index contributed by atoms with van der Waals surface area (Å²) in [6.45, 7) is 2.89. The van der Waals surface area contributed by atoms with E-state index in [2.05, 4.69) is 15.0 Å². The molecule has 1 atom stereocenters. The number of para-hydroxylation sites is 1. The average Bonchev–Trinajstić information content (AvgIpc) is 3.43. The summed E-state index contributed by atoms with van der Waals surface area (Å²) in [5.74, 6) is 0.440. The molecule has 1 saturated heterocycles. The molecule has 32 heavy (non-hydrogen) atoms. The number of pyridine rings is 1. The van der Waals surface area contributed by atoms with Gasteiger partial charge in [0.05, 0.1) is 28.1 Å². The van der Waals surface area contributed by atoms with Gasteiger partial charge in [-0.15, -0.1) is 11.3 Å². The molecular formula is C23H24N6O2S. The Morgan fingerprint density at radius 3 is 2.75 bits per heavy atom. The lowest BCUT2D eigenvalue weighted by atomic mass is 10.1. The number of ketones is 1. The molecule has 3 N–H and O–H groups in total. The van der Waals surface area contributed by atoms with Crippen LogP contribution in [0.3, 0.4) is 0 Å². The van der Waals surface area contributed by atoms with E-state index in [0.717, 1.165) is 31.9 Å². The third-order valence-corrected chi connectivity index (χ3v) is 6.91. The highest BCUT2D eigenvalue weighted by Gasteiger charge is 2.29. The van der Waals surface area contributed by atoms with Gasteiger partial charge in [0.2, 0.25) is 0 Å². The summed E-state index contributed by atoms with van der Waals surface area (Å²) >= 11 is 1.58. The van der Waals surface area contributed by atoms with Gasteiger partial charge in [0.1, 0.15) is 10.8 Å². The van der Waals surface area contributed by atoms with Gasteiger partial charge in [0, 0.05) is 36.6 Å². The average molecular weight is 449 g/mol. The second-order valence-electron chi connectivity index (χ2n) is 8.10. The van der Waals surface area contributed by atoms with E-state index in [-0.39, 0.29) is 11.9 Å². The normalized spacial score (nSPS) is 16.4. The molecular weight excluding hydrogens is 424 g/mol. The van der Waals surface area contributed by atoms with Crippen LogP contribution in [-0.4, -0.2) is 54.7 Å². The zero-order valence-corrected chi connectivity index (χ0v) is 18.5. The topological polar surface area (TPSA) is 110 Å². The number of anilines is 1. The number of hydrogen-bond acceptors (Lipinski definition) is 8. The SMILES string of the molecule is CC(=O)C(N1CCC(O)CC1)n1cc(-c2cnc(N)c(-c3nc4ccccc4s3)c2)cn1. The minimum atomic E-state index is -0.485. The summed E-state index contributed by atoms with van der Waals surface area (Å²) in [6.07, 6.45) is 5.86. The number of nitrogen functional groups attached to an aromatic ring is 1. The van der Waals surface area contributed by atoms with Crippen molar-refractivity contribution in [2.24, 2.45) is 0 Å². The first-order valence-electron chi connectivity index (χ1n) is 10.6. The smallest absolute Gasteiger partial charge is 0.169 e. The first-order valence-corrected chi connectivity index (χ1v) is 11.4. The quantitative estimate of drug-likeness (QED) is 0.482. The van der Waals surface area contributed by atoms with Crippen molar-refractivity contribution in [2.45, 2.75) is 32.0 Å². The van der Waals surface area contributed by atoms with Crippen molar-refractivity contribution in [3.63, 3.8) is 0 Å². The Labute approximate surface area is 189 Å². The summed E-state index contributed by atoms with van der Waals surface area (Å²) in [6, 6.07) is 9.95. The van der Waals surface area contributed by atoms with Crippen molar-refractivity contribution in [1.29, 1.82) is 0 Å². The van der Waals surface area contributed by atoms with Gasteiger partial charge >= 0.3 is 0 Å². The van der Waals surface area contributed by atoms with E-state index in [1.54, 1.807) is 35.3 Å². The lowest BCUT2D eigenvalue weighted by molar-refractivity contribution is -0.127. The number of aromatic nitrogens is 4. The van der Waals surface area contributed by atoms with E-state index in [4.69, 9.17) is 10.7 Å². The Bertz CT molecular complexity index is 1240. The highest BCUT2D eigenvalue weighted by Crippen LogP contribution is 2.35. The number of hydrogen-bond donors (Lipinski definition) is 2. The Balaban J connectivity index is 1.47. The molecule has 0 radical (unpaired) electrons. The number of nitrogens with zero attached hydrogens (tertiary/aromatic N) is 5. The number of carbonyl (C=O) groups is 1. The Morgan fingerprint density at radius 2 is 2.00 bits per heavy atom. The Hall–Kier alpha value is -3.14. The maximum absolute atomic E-state index is 12.4. The van der Waals surface area contributed by atoms with Crippen LogP contribution >= 0.6 is 11.3 Å². The predicted octanol–water partition coefficient (Wildman–Crippen LogP) is 3.35. The molecule has 0 spiro atoms. The second kappa shape index (κ2) is 8.42. The summed E-state index contributed by atoms with van der Waals surface area (Å²) < 4.78 is 2.79. The van der Waals surface area contributed by atoms with Crippen molar-refractivity contribution < 1.29 is 9.90 Å². The fraction of sp³-hybridized carbons (Fsp3) is 0.304. The standard InChI is InChI=1S/C23H24N6O2S/c1-14(30)23(28-8-6-17(31)7-9-28)29-13-16(12-26-29)15-10-18(21(24)25-11-15)22-27-19-4-2-3-5-20(19)32-22/h2-5,10-13,17,23,31H,6-9H2,1H3,(H2,24,25). The largest absolute Gasteiger partial charge is 0.393 e. The molecule has 5 rings (SSSR count). The number of carbonyl (C=O) groups excluding carboxylic acids is 1. The molecule has 164 valence electrons. The van der Waals surface area contributed by atoms with Crippen LogP contribution in [0, 0.1) is 0 Å². The lowest BCUT2D eigenvalue weighted by Gasteiger charge is -2.34. The van der Waals surface area contributed by atoms with Gasteiger partial charge in [-0.3, -0.25) is 9.69 Å². The number of aliphatic hydroxyl groups excluding tert-OH is 1. The number of rotatable bonds is 5. The molecule has 1 unspecified atom stereocenters. The van der Waals surface area contributed by atoms with Gasteiger partial charge in [-0.1, -0.05) is 12.1 Å². The fourth-order valence-electron chi connectivity index (χ4n) is 4.15. The van der Waals surface area contributed by atoms with Crippen LogP contribution < -0.4 is 5.73 Å². The van der Waals surface area contributed by atoms with E-state index in [0.29, 0.717) is 31.7 Å². The zero-order chi connectivity index (χ0) is 22.2. The van der Waals surface area contributed by atoms with Gasteiger partial charge < -0.3 is 10.8 Å². The predicted molar refractivity (Wildman–Crippen MR) is 125 cm³/mol. The van der Waals surface area contributed by atoms with Gasteiger partial charge in [-0.2, -0.15) is 5.10 Å². The van der Waals surface area contributed by atoms with Crippen molar-refractivity contribution >= 4 is 33.2 Å². The molecule has 9 heteroatoms. The fourth-order valence-corrected chi connectivity index (χ4v) is 5.14. The summed E-state index contributed by atoms with van der Waals surface area (Å²) in [5, 5.41) is 15.1. The van der Waals surface area contributed by atoms with E-state index >= 15 is 0 Å². The van der Waals surface area contributed by atoms with Gasteiger partial charge in [-0.25, -0.2) is 14.6 Å². The van der Waals surface area contributed by atoms with E-state index in [1.165, 1.54) is 0 Å². The molecule has 8 nitrogen and oxygen atoms in total. The number of benzene rings is 1. The minimum absolute atomic E-state index is 0.0154. The third kappa shape index (κ3) is 3.90. The molecule has 4 heterocycles. The Morgan fingerprint density at radius 1 is 1.22 bits per heavy atom. The van der Waals surface area contributed by atoms with Crippen LogP contribution in [0.25, 0.3) is 31.9 Å². The summed E-state index contributed by atoms with van der Waals surface area (Å²) in [5.41, 5.74) is 9.61. The summed E-state index contributed by atoms with van der Waals surface area (Å²) in [7, 11) is 0. The molecule has 0 saturated carbocycles. The number of piperidine rings is 1. The lowest BCUT2D eigenvalue weighted by Crippen LogP contribution is -2.43. The van der Waals surface area contributed by atoms with Gasteiger partial charge in [-0.05, 0) is 38.0 Å². The molecule has 0 bridgehead atoms. The maximum atomic E-state index is 12.4. The van der Waals surface area contributed by atoms with Crippen LogP contribution in [0.15, 0.2) is 48.9 Å². The van der Waals surface area contributed by atoms with Gasteiger partial charge in [0.15, 0.2) is 11.9 Å².